The number of benzene rings is 2. The normalized spacial score (nSPS) is 15.7. The Kier molecular flexibility index (Phi) is 4.46. The van der Waals surface area contributed by atoms with Gasteiger partial charge in [-0.3, -0.25) is 4.79 Å². The zero-order valence-corrected chi connectivity index (χ0v) is 14.9. The highest BCUT2D eigenvalue weighted by Gasteiger charge is 2.32. The summed E-state index contributed by atoms with van der Waals surface area (Å²) in [6.07, 6.45) is 3.23. The molecule has 0 bridgehead atoms. The molecule has 0 saturated carbocycles. The fourth-order valence-electron chi connectivity index (χ4n) is 3.23. The lowest BCUT2D eigenvalue weighted by atomic mass is 9.98. The van der Waals surface area contributed by atoms with Crippen LogP contribution in [0.25, 0.3) is 5.69 Å². The van der Waals surface area contributed by atoms with E-state index in [2.05, 4.69) is 5.10 Å². The van der Waals surface area contributed by atoms with E-state index in [0.717, 1.165) is 16.8 Å². The zero-order valence-electron chi connectivity index (χ0n) is 14.9. The third-order valence-corrected chi connectivity index (χ3v) is 4.62. The van der Waals surface area contributed by atoms with E-state index in [1.807, 2.05) is 48.7 Å². The van der Waals surface area contributed by atoms with E-state index in [0.29, 0.717) is 18.5 Å². The Bertz CT molecular complexity index is 981. The quantitative estimate of drug-likeness (QED) is 0.670. The fourth-order valence-corrected chi connectivity index (χ4v) is 3.23. The van der Waals surface area contributed by atoms with Gasteiger partial charge in [0.05, 0.1) is 17.4 Å². The summed E-state index contributed by atoms with van der Waals surface area (Å²) in [5.74, 6) is -0.661. The van der Waals surface area contributed by atoms with Gasteiger partial charge in [-0.05, 0) is 23.8 Å². The molecule has 4 rings (SSSR count). The van der Waals surface area contributed by atoms with Crippen LogP contribution in [-0.4, -0.2) is 39.7 Å². The molecule has 2 heterocycles. The van der Waals surface area contributed by atoms with Gasteiger partial charge in [0.1, 0.15) is 0 Å². The van der Waals surface area contributed by atoms with Crippen molar-refractivity contribution < 1.29 is 14.3 Å². The number of amides is 1. The number of rotatable bonds is 4. The first kappa shape index (κ1) is 17.0. The summed E-state index contributed by atoms with van der Waals surface area (Å²) in [6, 6.07) is 17.0. The van der Waals surface area contributed by atoms with Gasteiger partial charge in [0.2, 0.25) is 0 Å². The van der Waals surface area contributed by atoms with Crippen molar-refractivity contribution >= 4 is 11.9 Å². The lowest BCUT2D eigenvalue weighted by Crippen LogP contribution is -2.42. The molecule has 3 aromatic rings. The van der Waals surface area contributed by atoms with Crippen LogP contribution < -0.4 is 0 Å². The lowest BCUT2D eigenvalue weighted by Gasteiger charge is -2.27. The smallest absolute Gasteiger partial charge is 0.339 e. The molecule has 0 aliphatic carbocycles. The summed E-state index contributed by atoms with van der Waals surface area (Å²) in [4.78, 5) is 26.5. The maximum atomic E-state index is 12.8. The number of carbonyl (C=O) groups is 2. The monoisotopic (exact) mass is 361 g/mol. The number of para-hydroxylation sites is 1. The van der Waals surface area contributed by atoms with Gasteiger partial charge < -0.3 is 9.64 Å². The van der Waals surface area contributed by atoms with Gasteiger partial charge in [-0.2, -0.15) is 5.10 Å². The fraction of sp³-hybridized carbons (Fsp3) is 0.190. The van der Waals surface area contributed by atoms with Gasteiger partial charge in [-0.25, -0.2) is 9.48 Å². The average molecular weight is 361 g/mol. The highest BCUT2D eigenvalue weighted by Crippen LogP contribution is 2.22. The van der Waals surface area contributed by atoms with Crippen LogP contribution in [-0.2, 0) is 22.5 Å². The maximum absolute atomic E-state index is 12.8. The molecule has 0 N–H and O–H groups in total. The molecule has 2 aromatic carbocycles. The Labute approximate surface area is 157 Å². The number of carbonyl (C=O) groups excluding carboxylic acids is 2. The van der Waals surface area contributed by atoms with Crippen molar-refractivity contribution in [2.45, 2.75) is 19.1 Å². The van der Waals surface area contributed by atoms with Crippen molar-refractivity contribution in [2.75, 3.05) is 7.05 Å². The van der Waals surface area contributed by atoms with E-state index in [1.165, 1.54) is 0 Å². The van der Waals surface area contributed by atoms with Crippen LogP contribution >= 0.6 is 0 Å². The first-order valence-electron chi connectivity index (χ1n) is 8.74. The highest BCUT2D eigenvalue weighted by atomic mass is 16.5. The SMILES string of the molecule is CN(Cc1cnn(-c2ccccc2)c1)C(=O)C1Cc2ccccc2C(=O)O1. The molecular weight excluding hydrogens is 342 g/mol. The molecule has 1 aromatic heterocycles. The largest absolute Gasteiger partial charge is 0.448 e. The Hall–Kier alpha value is -3.41. The highest BCUT2D eigenvalue weighted by molar-refractivity contribution is 5.95. The van der Waals surface area contributed by atoms with Crippen molar-refractivity contribution in [3.63, 3.8) is 0 Å². The summed E-state index contributed by atoms with van der Waals surface area (Å²) in [6.45, 7) is 0.390. The molecule has 136 valence electrons. The van der Waals surface area contributed by atoms with Crippen molar-refractivity contribution in [2.24, 2.45) is 0 Å². The molecule has 6 nitrogen and oxygen atoms in total. The molecule has 6 heteroatoms. The second kappa shape index (κ2) is 7.07. The molecule has 1 aliphatic rings. The van der Waals surface area contributed by atoms with E-state index in [1.54, 1.807) is 35.0 Å². The average Bonchev–Trinajstić information content (AvgIpc) is 3.16. The predicted octanol–water partition coefficient (Wildman–Crippen LogP) is 2.61. The van der Waals surface area contributed by atoms with Crippen LogP contribution in [0.15, 0.2) is 67.0 Å². The van der Waals surface area contributed by atoms with Gasteiger partial charge in [-0.15, -0.1) is 0 Å². The van der Waals surface area contributed by atoms with Crippen LogP contribution in [0.4, 0.5) is 0 Å². The first-order chi connectivity index (χ1) is 13.1. The summed E-state index contributed by atoms with van der Waals surface area (Å²) >= 11 is 0. The minimum atomic E-state index is -0.790. The van der Waals surface area contributed by atoms with Crippen molar-refractivity contribution in [3.8, 4) is 5.69 Å². The third kappa shape index (κ3) is 3.46. The van der Waals surface area contributed by atoms with E-state index in [9.17, 15) is 9.59 Å². The molecule has 0 fully saturated rings. The van der Waals surface area contributed by atoms with Gasteiger partial charge in [0.15, 0.2) is 6.10 Å². The standard InChI is InChI=1S/C21H19N3O3/c1-23(13-15-12-22-24(14-15)17-8-3-2-4-9-17)20(25)19-11-16-7-5-6-10-18(16)21(26)27-19/h2-10,12,14,19H,11,13H2,1H3. The van der Waals surface area contributed by atoms with Crippen LogP contribution in [0.5, 0.6) is 0 Å². The number of hydrogen-bond donors (Lipinski definition) is 0. The second-order valence-electron chi connectivity index (χ2n) is 6.58. The number of likely N-dealkylation sites (N-methyl/N-ethyl adjacent to an activating group) is 1. The Morgan fingerprint density at radius 3 is 2.74 bits per heavy atom. The van der Waals surface area contributed by atoms with Gasteiger partial charge >= 0.3 is 5.97 Å². The van der Waals surface area contributed by atoms with E-state index in [4.69, 9.17) is 4.74 Å². The number of nitrogens with zero attached hydrogens (tertiary/aromatic N) is 3. The number of aromatic nitrogens is 2. The molecule has 1 atom stereocenters. The summed E-state index contributed by atoms with van der Waals surface area (Å²) in [7, 11) is 1.70. The minimum absolute atomic E-state index is 0.217. The number of ether oxygens (including phenoxy) is 1. The maximum Gasteiger partial charge on any atom is 0.339 e. The molecule has 1 amide bonds. The first-order valence-corrected chi connectivity index (χ1v) is 8.74. The van der Waals surface area contributed by atoms with E-state index < -0.39 is 12.1 Å². The van der Waals surface area contributed by atoms with E-state index >= 15 is 0 Å². The van der Waals surface area contributed by atoms with Gasteiger partial charge in [-0.1, -0.05) is 36.4 Å². The Morgan fingerprint density at radius 2 is 1.93 bits per heavy atom. The van der Waals surface area contributed by atoms with Crippen molar-refractivity contribution in [1.29, 1.82) is 0 Å². The van der Waals surface area contributed by atoms with Gasteiger partial charge in [0, 0.05) is 31.8 Å². The molecule has 0 radical (unpaired) electrons. The molecular formula is C21H19N3O3. The third-order valence-electron chi connectivity index (χ3n) is 4.62. The molecule has 1 aliphatic heterocycles. The number of cyclic esters (lactones) is 1. The molecule has 27 heavy (non-hydrogen) atoms. The zero-order chi connectivity index (χ0) is 18.8. The van der Waals surface area contributed by atoms with Crippen LogP contribution in [0.1, 0.15) is 21.5 Å². The van der Waals surface area contributed by atoms with Crippen molar-refractivity contribution in [1.82, 2.24) is 14.7 Å². The van der Waals surface area contributed by atoms with Gasteiger partial charge in [0.25, 0.3) is 5.91 Å². The molecule has 1 unspecified atom stereocenters. The number of hydrogen-bond acceptors (Lipinski definition) is 4. The number of fused-ring (bicyclic) bond motifs is 1. The summed E-state index contributed by atoms with van der Waals surface area (Å²) in [5.41, 5.74) is 3.23. The molecule has 0 saturated heterocycles. The second-order valence-corrected chi connectivity index (χ2v) is 6.58. The molecule has 0 spiro atoms. The van der Waals surface area contributed by atoms with Crippen molar-refractivity contribution in [3.05, 3.63) is 83.7 Å². The Morgan fingerprint density at radius 1 is 1.19 bits per heavy atom. The predicted molar refractivity (Wildman–Crippen MR) is 99.4 cm³/mol. The Balaban J connectivity index is 1.45. The van der Waals surface area contributed by atoms with E-state index in [-0.39, 0.29) is 5.91 Å². The summed E-state index contributed by atoms with van der Waals surface area (Å²) < 4.78 is 7.13. The minimum Gasteiger partial charge on any atom is -0.448 e. The van der Waals surface area contributed by atoms with Crippen LogP contribution in [0, 0.1) is 0 Å². The van der Waals surface area contributed by atoms with Crippen LogP contribution in [0.2, 0.25) is 0 Å². The lowest BCUT2D eigenvalue weighted by molar-refractivity contribution is -0.140. The topological polar surface area (TPSA) is 64.4 Å². The van der Waals surface area contributed by atoms with Crippen LogP contribution in [0.3, 0.4) is 0 Å². The summed E-state index contributed by atoms with van der Waals surface area (Å²) in [5, 5.41) is 4.35. The number of esters is 1.